The molecule has 1 aromatic rings. The van der Waals surface area contributed by atoms with Crippen molar-refractivity contribution in [3.05, 3.63) is 63.7 Å². The van der Waals surface area contributed by atoms with Crippen LogP contribution in [-0.4, -0.2) is 32.9 Å². The normalized spacial score (nSPS) is 20.5. The van der Waals surface area contributed by atoms with E-state index >= 15 is 0 Å². The van der Waals surface area contributed by atoms with Crippen molar-refractivity contribution in [2.45, 2.75) is 12.8 Å². The number of nitrogens with zero attached hydrogens (tertiary/aromatic N) is 3. The number of rotatable bonds is 2. The van der Waals surface area contributed by atoms with E-state index in [1.807, 2.05) is 18.2 Å². The topological polar surface area (TPSA) is 49.8 Å². The Labute approximate surface area is 153 Å². The lowest BCUT2D eigenvalue weighted by Gasteiger charge is -2.36. The molecule has 0 atom stereocenters. The molecule has 4 rings (SSSR count). The molecule has 0 N–H and O–H groups in total. The summed E-state index contributed by atoms with van der Waals surface area (Å²) in [4.78, 5) is 5.69. The molecule has 3 aliphatic heterocycles. The van der Waals surface area contributed by atoms with Crippen molar-refractivity contribution >= 4 is 11.8 Å². The van der Waals surface area contributed by atoms with Crippen LogP contribution in [0.15, 0.2) is 41.1 Å². The van der Waals surface area contributed by atoms with Gasteiger partial charge in [-0.25, -0.2) is 10.1 Å². The zero-order valence-corrected chi connectivity index (χ0v) is 14.5. The van der Waals surface area contributed by atoms with Crippen molar-refractivity contribution in [1.82, 2.24) is 0 Å². The van der Waals surface area contributed by atoms with Crippen molar-refractivity contribution in [1.29, 1.82) is 5.26 Å². The van der Waals surface area contributed by atoms with Crippen molar-refractivity contribution in [3.63, 3.8) is 0 Å². The minimum absolute atomic E-state index is 0.0994. The van der Waals surface area contributed by atoms with Gasteiger partial charge in [-0.05, 0) is 47.2 Å². The molecule has 0 saturated carbocycles. The summed E-state index contributed by atoms with van der Waals surface area (Å²) in [5.41, 5.74) is 5.42. The van der Waals surface area contributed by atoms with Crippen LogP contribution in [0.4, 0.5) is 5.69 Å². The monoisotopic (exact) mass is 345 g/mol. The minimum atomic E-state index is 0.0994. The molecule has 3 aliphatic rings. The summed E-state index contributed by atoms with van der Waals surface area (Å²) in [6.45, 7) is 10.7. The lowest BCUT2D eigenvalue weighted by atomic mass is 9.97. The van der Waals surface area contributed by atoms with Gasteiger partial charge in [0.05, 0.1) is 38.1 Å². The maximum absolute atomic E-state index is 9.03. The second kappa shape index (κ2) is 7.07. The smallest absolute Gasteiger partial charge is 0.267 e. The number of benzene rings is 1. The van der Waals surface area contributed by atoms with Crippen molar-refractivity contribution in [2.75, 3.05) is 37.8 Å². The molecule has 0 fully saturated rings. The fourth-order valence-corrected chi connectivity index (χ4v) is 3.70. The highest BCUT2D eigenvalue weighted by Gasteiger charge is 2.25. The quantitative estimate of drug-likeness (QED) is 0.608. The van der Waals surface area contributed by atoms with Crippen LogP contribution in [0.25, 0.3) is 10.9 Å². The van der Waals surface area contributed by atoms with Gasteiger partial charge in [0.15, 0.2) is 0 Å². The van der Waals surface area contributed by atoms with E-state index in [0.29, 0.717) is 18.8 Å². The second-order valence-corrected chi connectivity index (χ2v) is 6.61. The van der Waals surface area contributed by atoms with Gasteiger partial charge in [0, 0.05) is 6.54 Å². The zero-order valence-electron chi connectivity index (χ0n) is 14.5. The van der Waals surface area contributed by atoms with Crippen LogP contribution in [0.3, 0.4) is 0 Å². The van der Waals surface area contributed by atoms with Crippen LogP contribution < -0.4 is 9.64 Å². The first kappa shape index (κ1) is 16.4. The third-order valence-corrected chi connectivity index (χ3v) is 4.88. The van der Waals surface area contributed by atoms with Crippen LogP contribution in [0.2, 0.25) is 0 Å². The summed E-state index contributed by atoms with van der Waals surface area (Å²) < 4.78 is 11.4. The maximum atomic E-state index is 9.03. The van der Waals surface area contributed by atoms with Crippen LogP contribution in [0, 0.1) is 17.9 Å². The number of allylic oxidation sites excluding steroid dienone is 1. The van der Waals surface area contributed by atoms with E-state index in [1.54, 1.807) is 0 Å². The minimum Gasteiger partial charge on any atom is -0.490 e. The number of ether oxygens (including phenoxy) is 2. The van der Waals surface area contributed by atoms with Crippen LogP contribution >= 0.6 is 0 Å². The van der Waals surface area contributed by atoms with E-state index in [9.17, 15) is 0 Å². The summed E-state index contributed by atoms with van der Waals surface area (Å²) in [5.74, 6) is 0.974. The molecule has 130 valence electrons. The molecule has 0 aromatic heterocycles. The van der Waals surface area contributed by atoms with Crippen molar-refractivity contribution in [3.8, 4) is 11.8 Å². The summed E-state index contributed by atoms with van der Waals surface area (Å²) in [5, 5.41) is 9.03. The number of anilines is 1. The lowest BCUT2D eigenvalue weighted by molar-refractivity contribution is 0.176. The number of hydrogen-bond donors (Lipinski definition) is 0. The van der Waals surface area contributed by atoms with Gasteiger partial charge in [-0.3, -0.25) is 0 Å². The van der Waals surface area contributed by atoms with Gasteiger partial charge >= 0.3 is 0 Å². The Hall–Kier alpha value is -3.02. The number of hydrogen-bond acceptors (Lipinski definition) is 4. The third-order valence-electron chi connectivity index (χ3n) is 4.88. The first-order valence-electron chi connectivity index (χ1n) is 8.80. The maximum Gasteiger partial charge on any atom is 0.267 e. The van der Waals surface area contributed by atoms with Gasteiger partial charge in [-0.15, -0.1) is 0 Å². The lowest BCUT2D eigenvalue weighted by Crippen LogP contribution is -2.36. The predicted octanol–water partition coefficient (Wildman–Crippen LogP) is 3.50. The Morgan fingerprint density at radius 1 is 1.27 bits per heavy atom. The highest BCUT2D eigenvalue weighted by molar-refractivity contribution is 5.71. The van der Waals surface area contributed by atoms with E-state index in [2.05, 4.69) is 28.0 Å². The van der Waals surface area contributed by atoms with Crippen molar-refractivity contribution in [2.24, 2.45) is 0 Å². The highest BCUT2D eigenvalue weighted by Crippen LogP contribution is 2.39. The molecular weight excluding hydrogens is 326 g/mol. The Morgan fingerprint density at radius 3 is 3.04 bits per heavy atom. The molecule has 5 nitrogen and oxygen atoms in total. The van der Waals surface area contributed by atoms with E-state index < -0.39 is 0 Å². The molecule has 5 heteroatoms. The molecule has 1 aromatic carbocycles. The Balaban J connectivity index is 1.63. The second-order valence-electron chi connectivity index (χ2n) is 6.61. The molecule has 0 unspecified atom stereocenters. The Morgan fingerprint density at radius 2 is 2.19 bits per heavy atom. The first-order chi connectivity index (χ1) is 12.8. The molecule has 0 amide bonds. The highest BCUT2D eigenvalue weighted by atomic mass is 16.5. The Bertz CT molecular complexity index is 865. The van der Waals surface area contributed by atoms with Gasteiger partial charge < -0.3 is 14.4 Å². The standard InChI is InChI=1S/C21H19N3O2/c1-23-19(12-22)18-10-16(13-25-14-18)5-4-15-9-17-3-2-6-24-7-8-26-20(11-15)21(17)24/h4-5,9-11H,2-3,6-8,13-14H2/b5-4+,19-18-. The van der Waals surface area contributed by atoms with Crippen molar-refractivity contribution < 1.29 is 9.47 Å². The van der Waals surface area contributed by atoms with E-state index in [-0.39, 0.29) is 5.70 Å². The summed E-state index contributed by atoms with van der Waals surface area (Å²) >= 11 is 0. The largest absolute Gasteiger partial charge is 0.490 e. The molecule has 26 heavy (non-hydrogen) atoms. The molecule has 0 saturated heterocycles. The van der Waals surface area contributed by atoms with E-state index in [0.717, 1.165) is 43.0 Å². The van der Waals surface area contributed by atoms with Gasteiger partial charge in [0.25, 0.3) is 5.70 Å². The average molecular weight is 345 g/mol. The van der Waals surface area contributed by atoms with Crippen LogP contribution in [-0.2, 0) is 11.2 Å². The third kappa shape index (κ3) is 3.10. The van der Waals surface area contributed by atoms with Gasteiger partial charge in [-0.1, -0.05) is 18.2 Å². The number of nitriles is 1. The molecular formula is C21H19N3O2. The van der Waals surface area contributed by atoms with Gasteiger partial charge in [0.1, 0.15) is 12.4 Å². The molecule has 3 heterocycles. The summed E-state index contributed by atoms with van der Waals surface area (Å²) in [6.07, 6.45) is 8.20. The molecule has 0 bridgehead atoms. The zero-order chi connectivity index (χ0) is 17.9. The van der Waals surface area contributed by atoms with Gasteiger partial charge in [-0.2, -0.15) is 0 Å². The number of aryl methyl sites for hydroxylation is 1. The fraction of sp³-hybridized carbons (Fsp3) is 0.333. The SMILES string of the molecule is [C-]#[N+]/C(C#N)=C1C=C(/C=C/c2cc3c4c(c2)OCCN4CCC3)COC/1. The Kier molecular flexibility index (Phi) is 4.48. The van der Waals surface area contributed by atoms with E-state index in [4.69, 9.17) is 21.3 Å². The van der Waals surface area contributed by atoms with Crippen LogP contribution in [0.1, 0.15) is 17.5 Å². The fourth-order valence-electron chi connectivity index (χ4n) is 3.70. The molecule has 0 aliphatic carbocycles. The average Bonchev–Trinajstić information content (AvgIpc) is 2.68. The molecule has 0 radical (unpaired) electrons. The predicted molar refractivity (Wildman–Crippen MR) is 99.6 cm³/mol. The van der Waals surface area contributed by atoms with E-state index in [1.165, 1.54) is 17.7 Å². The molecule has 0 spiro atoms. The first-order valence-corrected chi connectivity index (χ1v) is 8.80. The summed E-state index contributed by atoms with van der Waals surface area (Å²) in [6, 6.07) is 6.26. The van der Waals surface area contributed by atoms with Gasteiger partial charge in [0.2, 0.25) is 0 Å². The summed E-state index contributed by atoms with van der Waals surface area (Å²) in [7, 11) is 0. The van der Waals surface area contributed by atoms with Crippen LogP contribution in [0.5, 0.6) is 5.75 Å².